The number of carbonyl (C=O) groups excluding carboxylic acids is 1. The van der Waals surface area contributed by atoms with E-state index >= 15 is 0 Å². The molecule has 1 fully saturated rings. The van der Waals surface area contributed by atoms with Gasteiger partial charge < -0.3 is 10.6 Å². The van der Waals surface area contributed by atoms with Crippen LogP contribution in [0.25, 0.3) is 0 Å². The van der Waals surface area contributed by atoms with E-state index in [1.807, 2.05) is 24.3 Å². The number of piperidine rings is 1. The molecule has 0 radical (unpaired) electrons. The predicted molar refractivity (Wildman–Crippen MR) is 95.0 cm³/mol. The maximum Gasteiger partial charge on any atom is 0.230 e. The zero-order valence-corrected chi connectivity index (χ0v) is 14.9. The fraction of sp³-hybridized carbons (Fsp3) is 0.588. The average molecular weight is 345 g/mol. The first kappa shape index (κ1) is 19.3. The Balaban J connectivity index is 0.00000242. The van der Waals surface area contributed by atoms with Crippen molar-refractivity contribution in [1.29, 1.82) is 0 Å². The lowest BCUT2D eigenvalue weighted by Gasteiger charge is -2.34. The molecule has 124 valence electrons. The summed E-state index contributed by atoms with van der Waals surface area (Å²) in [6.45, 7) is 6.13. The fourth-order valence-electron chi connectivity index (χ4n) is 3.17. The molecule has 1 heterocycles. The highest BCUT2D eigenvalue weighted by atomic mass is 35.5. The van der Waals surface area contributed by atoms with Crippen LogP contribution in [0.3, 0.4) is 0 Å². The molecule has 0 unspecified atom stereocenters. The van der Waals surface area contributed by atoms with Crippen molar-refractivity contribution in [2.45, 2.75) is 51.0 Å². The molecule has 3 nitrogen and oxygen atoms in total. The van der Waals surface area contributed by atoms with Gasteiger partial charge in [-0.2, -0.15) is 0 Å². The van der Waals surface area contributed by atoms with Crippen LogP contribution in [-0.2, 0) is 10.2 Å². The number of nitrogens with one attached hydrogen (secondary N) is 2. The summed E-state index contributed by atoms with van der Waals surface area (Å²) >= 11 is 5.98. The van der Waals surface area contributed by atoms with Crippen molar-refractivity contribution in [3.05, 3.63) is 34.9 Å². The Labute approximate surface area is 144 Å². The van der Waals surface area contributed by atoms with Crippen molar-refractivity contribution < 1.29 is 4.79 Å². The van der Waals surface area contributed by atoms with E-state index < -0.39 is 5.41 Å². The molecular weight excluding hydrogens is 319 g/mol. The smallest absolute Gasteiger partial charge is 0.230 e. The van der Waals surface area contributed by atoms with Gasteiger partial charge in [-0.25, -0.2) is 0 Å². The van der Waals surface area contributed by atoms with E-state index in [0.717, 1.165) is 44.3 Å². The Bertz CT molecular complexity index is 466. The van der Waals surface area contributed by atoms with Gasteiger partial charge in [0, 0.05) is 11.1 Å². The number of hydrogen-bond donors (Lipinski definition) is 2. The van der Waals surface area contributed by atoms with E-state index in [9.17, 15) is 4.79 Å². The topological polar surface area (TPSA) is 41.1 Å². The number of rotatable bonds is 5. The molecule has 5 heteroatoms. The predicted octanol–water partition coefficient (Wildman–Crippen LogP) is 3.69. The van der Waals surface area contributed by atoms with Crippen molar-refractivity contribution in [3.63, 3.8) is 0 Å². The van der Waals surface area contributed by atoms with Gasteiger partial charge in [-0.15, -0.1) is 12.4 Å². The Morgan fingerprint density at radius 3 is 2.27 bits per heavy atom. The van der Waals surface area contributed by atoms with Crippen LogP contribution in [0.2, 0.25) is 5.02 Å². The summed E-state index contributed by atoms with van der Waals surface area (Å²) < 4.78 is 0. The highest BCUT2D eigenvalue weighted by molar-refractivity contribution is 6.30. The molecule has 0 bridgehead atoms. The molecule has 2 N–H and O–H groups in total. The van der Waals surface area contributed by atoms with E-state index in [-0.39, 0.29) is 18.3 Å². The molecule has 22 heavy (non-hydrogen) atoms. The van der Waals surface area contributed by atoms with Crippen molar-refractivity contribution in [1.82, 2.24) is 10.6 Å². The van der Waals surface area contributed by atoms with Crippen LogP contribution in [0.15, 0.2) is 24.3 Å². The molecule has 1 saturated heterocycles. The third-order valence-corrected chi connectivity index (χ3v) is 4.96. The van der Waals surface area contributed by atoms with Crippen LogP contribution >= 0.6 is 24.0 Å². The monoisotopic (exact) mass is 344 g/mol. The second-order valence-corrected chi connectivity index (χ2v) is 6.23. The van der Waals surface area contributed by atoms with Gasteiger partial charge in [-0.3, -0.25) is 4.79 Å². The molecule has 0 spiro atoms. The minimum absolute atomic E-state index is 0. The lowest BCUT2D eigenvalue weighted by Crippen LogP contribution is -2.50. The summed E-state index contributed by atoms with van der Waals surface area (Å²) in [5, 5.41) is 7.30. The number of carbonyl (C=O) groups is 1. The van der Waals surface area contributed by atoms with Crippen LogP contribution in [0.4, 0.5) is 0 Å². The Morgan fingerprint density at radius 1 is 1.23 bits per heavy atom. The number of amides is 1. The van der Waals surface area contributed by atoms with Crippen LogP contribution in [0.1, 0.15) is 45.1 Å². The Kier molecular flexibility index (Phi) is 7.67. The summed E-state index contributed by atoms with van der Waals surface area (Å²) in [4.78, 5) is 12.9. The van der Waals surface area contributed by atoms with Crippen molar-refractivity contribution >= 4 is 29.9 Å². The van der Waals surface area contributed by atoms with E-state index in [2.05, 4.69) is 24.5 Å². The SMILES string of the molecule is CCC(CC)(C(=O)NC1CCNCC1)c1ccc(Cl)cc1.Cl. The zero-order chi connectivity index (χ0) is 15.3. The van der Waals surface area contributed by atoms with Gasteiger partial charge in [-0.1, -0.05) is 37.6 Å². The maximum atomic E-state index is 12.9. The molecule has 1 aliphatic heterocycles. The summed E-state index contributed by atoms with van der Waals surface area (Å²) in [5.41, 5.74) is 0.610. The summed E-state index contributed by atoms with van der Waals surface area (Å²) in [7, 11) is 0. The third kappa shape index (κ3) is 4.15. The minimum atomic E-state index is -0.449. The maximum absolute atomic E-state index is 12.9. The molecule has 1 aliphatic rings. The first-order chi connectivity index (χ1) is 10.1. The lowest BCUT2D eigenvalue weighted by molar-refractivity contribution is -0.128. The van der Waals surface area contributed by atoms with Gasteiger partial charge in [0.05, 0.1) is 5.41 Å². The number of hydrogen-bond acceptors (Lipinski definition) is 2. The van der Waals surface area contributed by atoms with E-state index in [0.29, 0.717) is 11.1 Å². The number of halogens is 2. The summed E-state index contributed by atoms with van der Waals surface area (Å²) in [5.74, 6) is 0.154. The lowest BCUT2D eigenvalue weighted by atomic mass is 9.74. The van der Waals surface area contributed by atoms with Crippen molar-refractivity contribution in [2.24, 2.45) is 0 Å². The Hall–Kier alpha value is -0.770. The van der Waals surface area contributed by atoms with E-state index in [4.69, 9.17) is 11.6 Å². The summed E-state index contributed by atoms with van der Waals surface area (Å²) in [6, 6.07) is 8.00. The second-order valence-electron chi connectivity index (χ2n) is 5.79. The summed E-state index contributed by atoms with van der Waals surface area (Å²) in [6.07, 6.45) is 3.61. The highest BCUT2D eigenvalue weighted by Crippen LogP contribution is 2.33. The molecule has 1 aromatic carbocycles. The van der Waals surface area contributed by atoms with Crippen LogP contribution < -0.4 is 10.6 Å². The normalized spacial score (nSPS) is 16.0. The average Bonchev–Trinajstić information content (AvgIpc) is 2.52. The van der Waals surface area contributed by atoms with Crippen LogP contribution in [0, 0.1) is 0 Å². The van der Waals surface area contributed by atoms with E-state index in [1.165, 1.54) is 0 Å². The zero-order valence-electron chi connectivity index (χ0n) is 13.3. The van der Waals surface area contributed by atoms with Gasteiger partial charge in [0.1, 0.15) is 0 Å². The van der Waals surface area contributed by atoms with Gasteiger partial charge in [-0.05, 0) is 56.5 Å². The van der Waals surface area contributed by atoms with Gasteiger partial charge in [0.2, 0.25) is 5.91 Å². The van der Waals surface area contributed by atoms with Crippen LogP contribution in [-0.4, -0.2) is 25.0 Å². The largest absolute Gasteiger partial charge is 0.353 e. The minimum Gasteiger partial charge on any atom is -0.353 e. The van der Waals surface area contributed by atoms with Gasteiger partial charge >= 0.3 is 0 Å². The standard InChI is InChI=1S/C17H25ClN2O.ClH/c1-3-17(4-2,13-5-7-14(18)8-6-13)16(21)20-15-9-11-19-12-10-15;/h5-8,15,19H,3-4,9-12H2,1-2H3,(H,20,21);1H. The molecule has 0 aliphatic carbocycles. The second kappa shape index (κ2) is 8.76. The molecule has 0 aromatic heterocycles. The molecule has 0 saturated carbocycles. The Morgan fingerprint density at radius 2 is 1.77 bits per heavy atom. The molecule has 1 amide bonds. The van der Waals surface area contributed by atoms with Crippen molar-refractivity contribution in [3.8, 4) is 0 Å². The fourth-order valence-corrected chi connectivity index (χ4v) is 3.30. The molecule has 0 atom stereocenters. The van der Waals surface area contributed by atoms with Crippen LogP contribution in [0.5, 0.6) is 0 Å². The molecule has 2 rings (SSSR count). The number of benzene rings is 1. The molecular formula is C17H26Cl2N2O. The first-order valence-electron chi connectivity index (χ1n) is 7.90. The third-order valence-electron chi connectivity index (χ3n) is 4.71. The highest BCUT2D eigenvalue weighted by Gasteiger charge is 2.37. The van der Waals surface area contributed by atoms with E-state index in [1.54, 1.807) is 0 Å². The molecule has 1 aromatic rings. The van der Waals surface area contributed by atoms with Crippen molar-refractivity contribution in [2.75, 3.05) is 13.1 Å². The van der Waals surface area contributed by atoms with Gasteiger partial charge in [0.25, 0.3) is 0 Å². The van der Waals surface area contributed by atoms with Gasteiger partial charge in [0.15, 0.2) is 0 Å². The first-order valence-corrected chi connectivity index (χ1v) is 8.28. The quantitative estimate of drug-likeness (QED) is 0.855.